The number of sulfonamides is 1. The first-order valence-electron chi connectivity index (χ1n) is 8.34. The Morgan fingerprint density at radius 3 is 2.57 bits per heavy atom. The van der Waals surface area contributed by atoms with Gasteiger partial charge in [-0.05, 0) is 50.4 Å². The van der Waals surface area contributed by atoms with Crippen molar-refractivity contribution in [1.29, 1.82) is 0 Å². The molecule has 0 aromatic carbocycles. The first-order chi connectivity index (χ1) is 10.6. The van der Waals surface area contributed by atoms with Gasteiger partial charge in [0.05, 0.1) is 0 Å². The first-order valence-corrected chi connectivity index (χ1v) is 10.6. The van der Waals surface area contributed by atoms with Crippen molar-refractivity contribution in [3.05, 3.63) is 17.0 Å². The maximum Gasteiger partial charge on any atom is 0.252 e. The fourth-order valence-corrected chi connectivity index (χ4v) is 7.92. The molecule has 1 saturated carbocycles. The lowest BCUT2D eigenvalue weighted by Gasteiger charge is -2.57. The molecule has 2 heterocycles. The summed E-state index contributed by atoms with van der Waals surface area (Å²) in [6, 6.07) is 3.73. The van der Waals surface area contributed by atoms with Crippen LogP contribution in [0.3, 0.4) is 0 Å². The molecular weight excluding hydrogens is 328 g/mol. The van der Waals surface area contributed by atoms with Gasteiger partial charge in [-0.3, -0.25) is 0 Å². The zero-order chi connectivity index (χ0) is 17.0. The van der Waals surface area contributed by atoms with Crippen LogP contribution in [0.1, 0.15) is 32.1 Å². The van der Waals surface area contributed by atoms with Crippen LogP contribution < -0.4 is 0 Å². The Balaban J connectivity index is 1.87. The molecule has 1 aromatic rings. The van der Waals surface area contributed by atoms with Gasteiger partial charge in [-0.2, -0.15) is 4.31 Å². The second-order valence-corrected chi connectivity index (χ2v) is 11.5. The Morgan fingerprint density at radius 2 is 2.04 bits per heavy atom. The minimum Gasteiger partial charge on any atom is -0.309 e. The van der Waals surface area contributed by atoms with Gasteiger partial charge in [-0.15, -0.1) is 11.3 Å². The highest BCUT2D eigenvalue weighted by Crippen LogP contribution is 2.63. The molecule has 0 amide bonds. The topological polar surface area (TPSA) is 40.6 Å². The van der Waals surface area contributed by atoms with Gasteiger partial charge in [0.25, 0.3) is 10.0 Å². The molecule has 1 saturated heterocycles. The maximum absolute atomic E-state index is 13.0. The van der Waals surface area contributed by atoms with E-state index in [0.717, 1.165) is 24.3 Å². The molecule has 4 nitrogen and oxygen atoms in total. The lowest BCUT2D eigenvalue weighted by atomic mass is 9.48. The third-order valence-corrected chi connectivity index (χ3v) is 9.09. The molecule has 0 unspecified atom stereocenters. The predicted octanol–water partition coefficient (Wildman–Crippen LogP) is 2.91. The Hall–Kier alpha value is -0.430. The Morgan fingerprint density at radius 1 is 1.35 bits per heavy atom. The highest BCUT2D eigenvalue weighted by molar-refractivity contribution is 7.91. The molecule has 2 atom stereocenters. The average molecular weight is 357 g/mol. The molecule has 0 spiro atoms. The highest BCUT2D eigenvalue weighted by atomic mass is 32.2. The fraction of sp³-hybridized carbons (Fsp3) is 0.765. The van der Waals surface area contributed by atoms with E-state index >= 15 is 0 Å². The largest absolute Gasteiger partial charge is 0.309 e. The highest BCUT2D eigenvalue weighted by Gasteiger charge is 2.64. The first kappa shape index (κ1) is 17.4. The van der Waals surface area contributed by atoms with Crippen LogP contribution in [0.15, 0.2) is 16.3 Å². The van der Waals surface area contributed by atoms with Crippen LogP contribution in [-0.4, -0.2) is 51.4 Å². The minimum atomic E-state index is -3.34. The molecule has 0 radical (unpaired) electrons. The fourth-order valence-electron chi connectivity index (χ4n) is 4.92. The number of fused-ring (bicyclic) bond motifs is 1. The number of thiophene rings is 1. The third-order valence-electron chi connectivity index (χ3n) is 5.58. The van der Waals surface area contributed by atoms with Gasteiger partial charge in [-0.1, -0.05) is 20.8 Å². The van der Waals surface area contributed by atoms with Crippen molar-refractivity contribution in [3.63, 3.8) is 0 Å². The SMILES string of the molecule is CCc1ccc(S(=O)(=O)N2C[C@@H]3C(C)(C)C[C@]3(CN(C)C)C2)s1. The van der Waals surface area contributed by atoms with E-state index in [1.165, 1.54) is 11.3 Å². The Labute approximate surface area is 144 Å². The van der Waals surface area contributed by atoms with Crippen molar-refractivity contribution in [2.24, 2.45) is 16.7 Å². The summed E-state index contributed by atoms with van der Waals surface area (Å²) in [5, 5.41) is 0. The van der Waals surface area contributed by atoms with Crippen LogP contribution >= 0.6 is 11.3 Å². The van der Waals surface area contributed by atoms with Crippen LogP contribution in [0, 0.1) is 16.7 Å². The van der Waals surface area contributed by atoms with Crippen molar-refractivity contribution in [2.45, 2.75) is 37.8 Å². The van der Waals surface area contributed by atoms with E-state index in [1.54, 1.807) is 10.4 Å². The van der Waals surface area contributed by atoms with Crippen molar-refractivity contribution >= 4 is 21.4 Å². The van der Waals surface area contributed by atoms with E-state index in [4.69, 9.17) is 0 Å². The summed E-state index contributed by atoms with van der Waals surface area (Å²) in [6.07, 6.45) is 2.00. The van der Waals surface area contributed by atoms with Gasteiger partial charge in [0.2, 0.25) is 0 Å². The zero-order valence-corrected chi connectivity index (χ0v) is 16.4. The molecule has 1 aliphatic heterocycles. The number of hydrogen-bond acceptors (Lipinski definition) is 4. The molecule has 130 valence electrons. The summed E-state index contributed by atoms with van der Waals surface area (Å²) in [4.78, 5) is 3.34. The molecule has 0 N–H and O–H groups in total. The summed E-state index contributed by atoms with van der Waals surface area (Å²) in [6.45, 7) is 8.93. The average Bonchev–Trinajstić information content (AvgIpc) is 3.01. The smallest absolute Gasteiger partial charge is 0.252 e. The van der Waals surface area contributed by atoms with E-state index in [1.807, 2.05) is 6.07 Å². The molecule has 6 heteroatoms. The predicted molar refractivity (Wildman–Crippen MR) is 95.3 cm³/mol. The van der Waals surface area contributed by atoms with Crippen LogP contribution in [0.5, 0.6) is 0 Å². The standard InChI is InChI=1S/C17H28N2O2S2/c1-6-13-7-8-15(22-13)23(20,21)19-9-14-16(2,3)10-17(14,12-19)11-18(4)5/h7-8,14H,6,9-12H2,1-5H3/t14-,17+/m1/s1. The van der Waals surface area contributed by atoms with E-state index < -0.39 is 10.0 Å². The van der Waals surface area contributed by atoms with Gasteiger partial charge >= 0.3 is 0 Å². The molecule has 0 bridgehead atoms. The second-order valence-electron chi connectivity index (χ2n) is 8.19. The van der Waals surface area contributed by atoms with Crippen LogP contribution in [0.4, 0.5) is 0 Å². The number of aryl methyl sites for hydroxylation is 1. The lowest BCUT2D eigenvalue weighted by Crippen LogP contribution is -2.57. The van der Waals surface area contributed by atoms with Crippen LogP contribution in [0.25, 0.3) is 0 Å². The monoisotopic (exact) mass is 356 g/mol. The summed E-state index contributed by atoms with van der Waals surface area (Å²) in [7, 11) is 0.824. The molecule has 2 aliphatic rings. The summed E-state index contributed by atoms with van der Waals surface area (Å²) in [5.41, 5.74) is 0.370. The third kappa shape index (κ3) is 2.77. The Bertz CT molecular complexity index is 689. The van der Waals surface area contributed by atoms with Crippen LogP contribution in [-0.2, 0) is 16.4 Å². The summed E-state index contributed by atoms with van der Waals surface area (Å²) in [5.74, 6) is 0.456. The van der Waals surface area contributed by atoms with Gasteiger partial charge in [-0.25, -0.2) is 8.42 Å². The molecule has 23 heavy (non-hydrogen) atoms. The van der Waals surface area contributed by atoms with Gasteiger partial charge in [0, 0.05) is 29.9 Å². The van der Waals surface area contributed by atoms with Crippen molar-refractivity contribution < 1.29 is 8.42 Å². The van der Waals surface area contributed by atoms with Crippen molar-refractivity contribution in [3.8, 4) is 0 Å². The minimum absolute atomic E-state index is 0.130. The van der Waals surface area contributed by atoms with Gasteiger partial charge in [0.1, 0.15) is 4.21 Å². The van der Waals surface area contributed by atoms with E-state index in [0.29, 0.717) is 23.2 Å². The zero-order valence-electron chi connectivity index (χ0n) is 14.8. The van der Waals surface area contributed by atoms with Crippen molar-refractivity contribution in [1.82, 2.24) is 9.21 Å². The van der Waals surface area contributed by atoms with E-state index in [-0.39, 0.29) is 10.8 Å². The summed E-state index contributed by atoms with van der Waals surface area (Å²) >= 11 is 1.42. The number of nitrogens with zero attached hydrogens (tertiary/aromatic N) is 2. The van der Waals surface area contributed by atoms with Crippen molar-refractivity contribution in [2.75, 3.05) is 33.7 Å². The molecule has 3 rings (SSSR count). The number of hydrogen-bond donors (Lipinski definition) is 0. The maximum atomic E-state index is 13.0. The molecular formula is C17H28N2O2S2. The Kier molecular flexibility index (Phi) is 4.19. The molecule has 1 aromatic heterocycles. The number of rotatable bonds is 5. The van der Waals surface area contributed by atoms with E-state index in [2.05, 4.69) is 39.8 Å². The summed E-state index contributed by atoms with van der Waals surface area (Å²) < 4.78 is 28.3. The normalized spacial score (nSPS) is 30.4. The van der Waals surface area contributed by atoms with Crippen LogP contribution in [0.2, 0.25) is 0 Å². The van der Waals surface area contributed by atoms with E-state index in [9.17, 15) is 8.42 Å². The van der Waals surface area contributed by atoms with Gasteiger partial charge in [0.15, 0.2) is 0 Å². The lowest BCUT2D eigenvalue weighted by molar-refractivity contribution is -0.0789. The van der Waals surface area contributed by atoms with Gasteiger partial charge < -0.3 is 4.90 Å². The molecule has 1 aliphatic carbocycles. The second kappa shape index (κ2) is 5.55. The molecule has 2 fully saturated rings. The quantitative estimate of drug-likeness (QED) is 0.814.